The SMILES string of the molecule is Cc1ccc(NC(=O)COC(=O)c2ccccc2NS(=O)(=O)c2cccc([N+](=O)[O-])c2)cc1F. The molecule has 0 saturated carbocycles. The zero-order valence-electron chi connectivity index (χ0n) is 17.6. The Kier molecular flexibility index (Phi) is 7.21. The number of anilines is 2. The highest BCUT2D eigenvalue weighted by Gasteiger charge is 2.22. The summed E-state index contributed by atoms with van der Waals surface area (Å²) in [6.45, 7) is 0.855. The molecule has 0 aliphatic rings. The summed E-state index contributed by atoms with van der Waals surface area (Å²) in [6.07, 6.45) is 0. The van der Waals surface area contributed by atoms with Gasteiger partial charge in [-0.2, -0.15) is 0 Å². The largest absolute Gasteiger partial charge is 0.452 e. The average molecular weight is 487 g/mol. The maximum Gasteiger partial charge on any atom is 0.340 e. The molecule has 12 heteroatoms. The van der Waals surface area contributed by atoms with Crippen LogP contribution in [0.3, 0.4) is 0 Å². The summed E-state index contributed by atoms with van der Waals surface area (Å²) in [7, 11) is -4.28. The van der Waals surface area contributed by atoms with Gasteiger partial charge < -0.3 is 10.1 Å². The minimum atomic E-state index is -4.28. The van der Waals surface area contributed by atoms with Gasteiger partial charge in [0, 0.05) is 17.8 Å². The van der Waals surface area contributed by atoms with Crippen LogP contribution in [0.25, 0.3) is 0 Å². The Hall–Kier alpha value is -4.32. The maximum absolute atomic E-state index is 13.6. The van der Waals surface area contributed by atoms with Crippen molar-refractivity contribution < 1.29 is 32.1 Å². The van der Waals surface area contributed by atoms with E-state index in [4.69, 9.17) is 4.74 Å². The lowest BCUT2D eigenvalue weighted by Gasteiger charge is -2.12. The number of nitrogens with one attached hydrogen (secondary N) is 2. The number of amides is 1. The highest BCUT2D eigenvalue weighted by Crippen LogP contribution is 2.23. The first-order valence-electron chi connectivity index (χ1n) is 9.66. The molecule has 0 aromatic heterocycles. The molecule has 2 N–H and O–H groups in total. The third-order valence-corrected chi connectivity index (χ3v) is 5.88. The summed E-state index contributed by atoms with van der Waals surface area (Å²) >= 11 is 0. The molecule has 3 rings (SSSR count). The van der Waals surface area contributed by atoms with E-state index < -0.39 is 44.9 Å². The second kappa shape index (κ2) is 10.1. The number of benzene rings is 3. The summed E-state index contributed by atoms with van der Waals surface area (Å²) in [5.41, 5.74) is -0.191. The molecule has 176 valence electrons. The lowest BCUT2D eigenvalue weighted by atomic mass is 10.2. The molecule has 0 aliphatic heterocycles. The van der Waals surface area contributed by atoms with Crippen LogP contribution < -0.4 is 10.0 Å². The molecule has 1 amide bonds. The average Bonchev–Trinajstić information content (AvgIpc) is 2.80. The predicted molar refractivity (Wildman–Crippen MR) is 120 cm³/mol. The highest BCUT2D eigenvalue weighted by atomic mass is 32.2. The fourth-order valence-electron chi connectivity index (χ4n) is 2.79. The summed E-state index contributed by atoms with van der Waals surface area (Å²) in [5, 5.41) is 13.3. The standard InChI is InChI=1S/C22H18FN3O7S/c1-14-9-10-15(11-19(14)23)24-21(27)13-33-22(28)18-7-2-3-8-20(18)25-34(31,32)17-6-4-5-16(12-17)26(29)30/h2-12,25H,13H2,1H3,(H,24,27). The number of carbonyl (C=O) groups is 2. The van der Waals surface area contributed by atoms with Gasteiger partial charge in [-0.3, -0.25) is 19.6 Å². The van der Waals surface area contributed by atoms with Crippen LogP contribution in [0.1, 0.15) is 15.9 Å². The number of nitro benzene ring substituents is 1. The van der Waals surface area contributed by atoms with Crippen LogP contribution in [-0.4, -0.2) is 31.8 Å². The molecular weight excluding hydrogens is 469 g/mol. The quantitative estimate of drug-likeness (QED) is 0.280. The number of hydrogen-bond acceptors (Lipinski definition) is 7. The van der Waals surface area contributed by atoms with Gasteiger partial charge >= 0.3 is 5.97 Å². The molecule has 0 bridgehead atoms. The van der Waals surface area contributed by atoms with Gasteiger partial charge in [0.05, 0.1) is 21.1 Å². The van der Waals surface area contributed by atoms with E-state index in [1.54, 1.807) is 6.92 Å². The first-order valence-corrected chi connectivity index (χ1v) is 11.1. The van der Waals surface area contributed by atoms with E-state index in [0.29, 0.717) is 5.56 Å². The number of non-ortho nitro benzene ring substituents is 1. The number of sulfonamides is 1. The Balaban J connectivity index is 1.71. The topological polar surface area (TPSA) is 145 Å². The predicted octanol–water partition coefficient (Wildman–Crippen LogP) is 3.64. The Morgan fingerprint density at radius 2 is 1.79 bits per heavy atom. The number of hydrogen-bond donors (Lipinski definition) is 2. The fourth-order valence-corrected chi connectivity index (χ4v) is 3.91. The smallest absolute Gasteiger partial charge is 0.340 e. The molecule has 0 atom stereocenters. The van der Waals surface area contributed by atoms with Crippen LogP contribution >= 0.6 is 0 Å². The molecule has 10 nitrogen and oxygen atoms in total. The molecule has 0 aliphatic carbocycles. The number of nitro groups is 1. The third-order valence-electron chi connectivity index (χ3n) is 4.52. The van der Waals surface area contributed by atoms with Crippen molar-refractivity contribution in [1.29, 1.82) is 0 Å². The molecule has 34 heavy (non-hydrogen) atoms. The van der Waals surface area contributed by atoms with Gasteiger partial charge in [0.2, 0.25) is 0 Å². The molecule has 3 aromatic rings. The molecule has 0 heterocycles. The number of para-hydroxylation sites is 1. The van der Waals surface area contributed by atoms with Crippen LogP contribution in [0.2, 0.25) is 0 Å². The van der Waals surface area contributed by atoms with E-state index in [-0.39, 0.29) is 21.8 Å². The van der Waals surface area contributed by atoms with Crippen molar-refractivity contribution in [2.24, 2.45) is 0 Å². The number of ether oxygens (including phenoxy) is 1. The molecule has 0 spiro atoms. The van der Waals surface area contributed by atoms with Crippen molar-refractivity contribution >= 4 is 39.0 Å². The molecule has 0 unspecified atom stereocenters. The Labute approximate surface area is 193 Å². The summed E-state index contributed by atoms with van der Waals surface area (Å²) in [5.74, 6) is -2.24. The zero-order chi connectivity index (χ0) is 24.9. The molecule has 0 saturated heterocycles. The van der Waals surface area contributed by atoms with E-state index in [0.717, 1.165) is 24.3 Å². The first-order chi connectivity index (χ1) is 16.1. The minimum Gasteiger partial charge on any atom is -0.452 e. The monoisotopic (exact) mass is 487 g/mol. The van der Waals surface area contributed by atoms with Crippen LogP contribution in [0, 0.1) is 22.9 Å². The van der Waals surface area contributed by atoms with Gasteiger partial charge in [0.25, 0.3) is 21.6 Å². The van der Waals surface area contributed by atoms with Gasteiger partial charge in [0.15, 0.2) is 6.61 Å². The Bertz CT molecular complexity index is 1380. The number of carbonyl (C=O) groups excluding carboxylic acids is 2. The molecule has 0 fully saturated rings. The van der Waals surface area contributed by atoms with Gasteiger partial charge in [-0.15, -0.1) is 0 Å². The third kappa shape index (κ3) is 5.92. The van der Waals surface area contributed by atoms with Crippen molar-refractivity contribution in [3.05, 3.63) is 93.8 Å². The number of esters is 1. The first kappa shape index (κ1) is 24.3. The van der Waals surface area contributed by atoms with Crippen LogP contribution in [0.15, 0.2) is 71.6 Å². The lowest BCUT2D eigenvalue weighted by Crippen LogP contribution is -2.22. The second-order valence-electron chi connectivity index (χ2n) is 6.99. The number of rotatable bonds is 8. The fraction of sp³-hybridized carbons (Fsp3) is 0.0909. The van der Waals surface area contributed by atoms with Crippen molar-refractivity contribution in [2.45, 2.75) is 11.8 Å². The van der Waals surface area contributed by atoms with Gasteiger partial charge in [0.1, 0.15) is 5.82 Å². The molecule has 0 radical (unpaired) electrons. The van der Waals surface area contributed by atoms with E-state index in [1.807, 2.05) is 0 Å². The van der Waals surface area contributed by atoms with Crippen molar-refractivity contribution in [3.8, 4) is 0 Å². The number of aryl methyl sites for hydroxylation is 1. The summed E-state index contributed by atoms with van der Waals surface area (Å²) in [6, 6.07) is 13.9. The van der Waals surface area contributed by atoms with Gasteiger partial charge in [-0.05, 0) is 42.8 Å². The van der Waals surface area contributed by atoms with Crippen molar-refractivity contribution in [3.63, 3.8) is 0 Å². The van der Waals surface area contributed by atoms with Crippen LogP contribution in [0.5, 0.6) is 0 Å². The maximum atomic E-state index is 13.6. The van der Waals surface area contributed by atoms with Gasteiger partial charge in [-0.25, -0.2) is 17.6 Å². The molecule has 3 aromatic carbocycles. The van der Waals surface area contributed by atoms with E-state index in [9.17, 15) is 32.5 Å². The van der Waals surface area contributed by atoms with E-state index in [2.05, 4.69) is 10.0 Å². The van der Waals surface area contributed by atoms with Crippen LogP contribution in [0.4, 0.5) is 21.5 Å². The van der Waals surface area contributed by atoms with Crippen LogP contribution in [-0.2, 0) is 19.6 Å². The van der Waals surface area contributed by atoms with E-state index >= 15 is 0 Å². The minimum absolute atomic E-state index is 0.153. The number of halogens is 1. The second-order valence-corrected chi connectivity index (χ2v) is 8.68. The number of nitrogens with zero attached hydrogens (tertiary/aromatic N) is 1. The Morgan fingerprint density at radius 3 is 2.50 bits per heavy atom. The summed E-state index contributed by atoms with van der Waals surface area (Å²) in [4.78, 5) is 34.4. The van der Waals surface area contributed by atoms with Gasteiger partial charge in [-0.1, -0.05) is 24.3 Å². The lowest BCUT2D eigenvalue weighted by molar-refractivity contribution is -0.385. The normalized spacial score (nSPS) is 10.9. The molecular formula is C22H18FN3O7S. The zero-order valence-corrected chi connectivity index (χ0v) is 18.5. The summed E-state index contributed by atoms with van der Waals surface area (Å²) < 4.78 is 46.1. The Morgan fingerprint density at radius 1 is 1.06 bits per heavy atom. The highest BCUT2D eigenvalue weighted by molar-refractivity contribution is 7.92. The van der Waals surface area contributed by atoms with Crippen molar-refractivity contribution in [1.82, 2.24) is 0 Å². The van der Waals surface area contributed by atoms with Crippen molar-refractivity contribution in [2.75, 3.05) is 16.6 Å². The van der Waals surface area contributed by atoms with E-state index in [1.165, 1.54) is 42.5 Å².